The van der Waals surface area contributed by atoms with E-state index in [1.807, 2.05) is 18.7 Å². The zero-order valence-corrected chi connectivity index (χ0v) is 12.0. The molecule has 2 saturated heterocycles. The first-order valence-electron chi connectivity index (χ1n) is 7.43. The zero-order valence-electron chi connectivity index (χ0n) is 11.2. The van der Waals surface area contributed by atoms with E-state index in [9.17, 15) is 4.79 Å². The minimum atomic E-state index is 0.0326. The zero-order chi connectivity index (χ0) is 12.5. The third-order valence-electron chi connectivity index (χ3n) is 4.78. The summed E-state index contributed by atoms with van der Waals surface area (Å²) in [5.74, 6) is 3.50. The molecule has 102 valence electrons. The lowest BCUT2D eigenvalue weighted by Gasteiger charge is -2.37. The van der Waals surface area contributed by atoms with E-state index in [0.29, 0.717) is 24.0 Å². The van der Waals surface area contributed by atoms with Gasteiger partial charge in [-0.2, -0.15) is 11.8 Å². The molecule has 0 aromatic rings. The van der Waals surface area contributed by atoms with Crippen molar-refractivity contribution in [3.63, 3.8) is 0 Å². The van der Waals surface area contributed by atoms with Crippen LogP contribution in [0.2, 0.25) is 0 Å². The van der Waals surface area contributed by atoms with Crippen molar-refractivity contribution in [2.24, 2.45) is 5.92 Å². The van der Waals surface area contributed by atoms with E-state index >= 15 is 0 Å². The Bertz CT molecular complexity index is 311. The van der Waals surface area contributed by atoms with Gasteiger partial charge in [-0.15, -0.1) is 0 Å². The Labute approximate surface area is 114 Å². The fourth-order valence-corrected chi connectivity index (χ4v) is 4.86. The quantitative estimate of drug-likeness (QED) is 0.833. The first-order chi connectivity index (χ1) is 8.77. The molecule has 18 heavy (non-hydrogen) atoms. The standard InChI is InChI=1S/C14H24N2OS/c1-10-14(17)16(12-6-8-18-9-7-12)13(15-10)11-4-2-3-5-11/h10-13,15H,2-9H2,1H3. The van der Waals surface area contributed by atoms with Crippen molar-refractivity contribution in [2.45, 2.75) is 63.7 Å². The normalized spacial score (nSPS) is 35.6. The summed E-state index contributed by atoms with van der Waals surface area (Å²) in [4.78, 5) is 14.7. The molecule has 4 heteroatoms. The second kappa shape index (κ2) is 5.41. The summed E-state index contributed by atoms with van der Waals surface area (Å²) >= 11 is 2.03. The van der Waals surface area contributed by atoms with Crippen LogP contribution >= 0.6 is 11.8 Å². The summed E-state index contributed by atoms with van der Waals surface area (Å²) in [7, 11) is 0. The van der Waals surface area contributed by atoms with Crippen molar-refractivity contribution in [1.29, 1.82) is 0 Å². The van der Waals surface area contributed by atoms with Crippen LogP contribution in [-0.4, -0.2) is 40.6 Å². The molecule has 3 fully saturated rings. The van der Waals surface area contributed by atoms with Crippen LogP contribution in [0.3, 0.4) is 0 Å². The van der Waals surface area contributed by atoms with E-state index in [1.54, 1.807) is 0 Å². The highest BCUT2D eigenvalue weighted by Crippen LogP contribution is 2.35. The van der Waals surface area contributed by atoms with Crippen LogP contribution in [0.25, 0.3) is 0 Å². The molecule has 1 N–H and O–H groups in total. The van der Waals surface area contributed by atoms with Crippen LogP contribution in [0.15, 0.2) is 0 Å². The lowest BCUT2D eigenvalue weighted by atomic mass is 10.0. The molecule has 0 radical (unpaired) electrons. The van der Waals surface area contributed by atoms with E-state index in [-0.39, 0.29) is 6.04 Å². The number of rotatable bonds is 2. The Morgan fingerprint density at radius 1 is 1.17 bits per heavy atom. The minimum absolute atomic E-state index is 0.0326. The molecule has 3 nitrogen and oxygen atoms in total. The summed E-state index contributed by atoms with van der Waals surface area (Å²) in [5, 5.41) is 3.56. The van der Waals surface area contributed by atoms with Crippen molar-refractivity contribution >= 4 is 17.7 Å². The lowest BCUT2D eigenvalue weighted by Crippen LogP contribution is -2.49. The van der Waals surface area contributed by atoms with Gasteiger partial charge in [0.1, 0.15) is 0 Å². The molecule has 3 rings (SSSR count). The number of hydrogen-bond acceptors (Lipinski definition) is 3. The molecule has 3 aliphatic rings. The fourth-order valence-electron chi connectivity index (χ4n) is 3.78. The Balaban J connectivity index is 1.75. The van der Waals surface area contributed by atoms with Gasteiger partial charge in [0, 0.05) is 6.04 Å². The highest BCUT2D eigenvalue weighted by Gasteiger charge is 2.44. The van der Waals surface area contributed by atoms with E-state index in [1.165, 1.54) is 50.0 Å². The molecule has 1 saturated carbocycles. The van der Waals surface area contributed by atoms with Gasteiger partial charge in [-0.3, -0.25) is 10.1 Å². The van der Waals surface area contributed by atoms with Crippen LogP contribution in [-0.2, 0) is 4.79 Å². The van der Waals surface area contributed by atoms with Gasteiger partial charge in [-0.1, -0.05) is 12.8 Å². The van der Waals surface area contributed by atoms with Crippen molar-refractivity contribution in [1.82, 2.24) is 10.2 Å². The Morgan fingerprint density at radius 3 is 2.50 bits per heavy atom. The van der Waals surface area contributed by atoms with Gasteiger partial charge in [0.05, 0.1) is 12.2 Å². The maximum absolute atomic E-state index is 12.4. The number of carbonyl (C=O) groups is 1. The highest BCUT2D eigenvalue weighted by molar-refractivity contribution is 7.99. The second-order valence-electron chi connectivity index (χ2n) is 5.97. The third-order valence-corrected chi connectivity index (χ3v) is 5.82. The molecular weight excluding hydrogens is 244 g/mol. The average molecular weight is 268 g/mol. The fraction of sp³-hybridized carbons (Fsp3) is 0.929. The monoisotopic (exact) mass is 268 g/mol. The smallest absolute Gasteiger partial charge is 0.240 e. The van der Waals surface area contributed by atoms with Crippen molar-refractivity contribution in [3.8, 4) is 0 Å². The van der Waals surface area contributed by atoms with Gasteiger partial charge in [0.2, 0.25) is 5.91 Å². The summed E-state index contributed by atoms with van der Waals surface area (Å²) in [6.45, 7) is 2.03. The molecule has 2 atom stereocenters. The van der Waals surface area contributed by atoms with Crippen LogP contribution in [0.4, 0.5) is 0 Å². The summed E-state index contributed by atoms with van der Waals surface area (Å²) in [6.07, 6.45) is 8.01. The van der Waals surface area contributed by atoms with Crippen LogP contribution in [0.1, 0.15) is 45.4 Å². The summed E-state index contributed by atoms with van der Waals surface area (Å²) in [5.41, 5.74) is 0. The van der Waals surface area contributed by atoms with Gasteiger partial charge in [-0.05, 0) is 50.0 Å². The van der Waals surface area contributed by atoms with E-state index in [4.69, 9.17) is 0 Å². The first-order valence-corrected chi connectivity index (χ1v) is 8.59. The third kappa shape index (κ3) is 2.29. The van der Waals surface area contributed by atoms with Gasteiger partial charge in [0.15, 0.2) is 0 Å². The summed E-state index contributed by atoms with van der Waals surface area (Å²) in [6, 6.07) is 0.534. The number of amides is 1. The maximum Gasteiger partial charge on any atom is 0.240 e. The molecule has 2 unspecified atom stereocenters. The number of thioether (sulfide) groups is 1. The Kier molecular flexibility index (Phi) is 3.85. The van der Waals surface area contributed by atoms with Crippen molar-refractivity contribution < 1.29 is 4.79 Å². The average Bonchev–Trinajstić information content (AvgIpc) is 3.00. The topological polar surface area (TPSA) is 32.3 Å². The number of nitrogens with one attached hydrogen (secondary N) is 1. The van der Waals surface area contributed by atoms with Crippen LogP contribution in [0, 0.1) is 5.92 Å². The molecule has 0 bridgehead atoms. The summed E-state index contributed by atoms with van der Waals surface area (Å²) < 4.78 is 0. The van der Waals surface area contributed by atoms with Crippen LogP contribution < -0.4 is 5.32 Å². The molecule has 2 aliphatic heterocycles. The molecular formula is C14H24N2OS. The predicted molar refractivity (Wildman–Crippen MR) is 75.5 cm³/mol. The Hall–Kier alpha value is -0.220. The minimum Gasteiger partial charge on any atom is -0.322 e. The number of hydrogen-bond donors (Lipinski definition) is 1. The van der Waals surface area contributed by atoms with Gasteiger partial charge in [0.25, 0.3) is 0 Å². The molecule has 0 aromatic heterocycles. The van der Waals surface area contributed by atoms with Crippen molar-refractivity contribution in [2.75, 3.05) is 11.5 Å². The van der Waals surface area contributed by atoms with E-state index in [0.717, 1.165) is 0 Å². The molecule has 0 spiro atoms. The van der Waals surface area contributed by atoms with Gasteiger partial charge < -0.3 is 4.90 Å². The van der Waals surface area contributed by atoms with Gasteiger partial charge >= 0.3 is 0 Å². The maximum atomic E-state index is 12.4. The molecule has 1 amide bonds. The first kappa shape index (κ1) is 12.8. The molecule has 0 aromatic carbocycles. The highest BCUT2D eigenvalue weighted by atomic mass is 32.2. The SMILES string of the molecule is CC1NC(C2CCCC2)N(C2CCSCC2)C1=O. The number of nitrogens with zero attached hydrogens (tertiary/aromatic N) is 1. The van der Waals surface area contributed by atoms with E-state index in [2.05, 4.69) is 10.2 Å². The van der Waals surface area contributed by atoms with Crippen molar-refractivity contribution in [3.05, 3.63) is 0 Å². The molecule has 1 aliphatic carbocycles. The lowest BCUT2D eigenvalue weighted by molar-refractivity contribution is -0.133. The predicted octanol–water partition coefficient (Wildman–Crippen LogP) is 2.22. The van der Waals surface area contributed by atoms with Crippen LogP contribution in [0.5, 0.6) is 0 Å². The molecule has 2 heterocycles. The Morgan fingerprint density at radius 2 is 1.83 bits per heavy atom. The van der Waals surface area contributed by atoms with E-state index < -0.39 is 0 Å². The van der Waals surface area contributed by atoms with Gasteiger partial charge in [-0.25, -0.2) is 0 Å². The largest absolute Gasteiger partial charge is 0.322 e. The second-order valence-corrected chi connectivity index (χ2v) is 7.19. The number of carbonyl (C=O) groups excluding carboxylic acids is 1.